The Morgan fingerprint density at radius 2 is 2.11 bits per heavy atom. The Labute approximate surface area is 127 Å². The van der Waals surface area contributed by atoms with Crippen molar-refractivity contribution in [1.82, 2.24) is 5.32 Å². The van der Waals surface area contributed by atoms with Crippen LogP contribution < -0.4 is 5.32 Å². The molecule has 1 N–H and O–H groups in total. The largest absolute Gasteiger partial charge is 0.444 e. The molecule has 0 bridgehead atoms. The van der Waals surface area contributed by atoms with Gasteiger partial charge in [0.2, 0.25) is 0 Å². The van der Waals surface area contributed by atoms with Crippen LogP contribution in [0.3, 0.4) is 0 Å². The number of carbonyl (C=O) groups is 1. The number of hydrogen-bond donors (Lipinski definition) is 1. The fraction of sp³-hybridized carbons (Fsp3) is 0.286. The van der Waals surface area contributed by atoms with E-state index in [1.165, 1.54) is 0 Å². The summed E-state index contributed by atoms with van der Waals surface area (Å²) in [4.78, 5) is 11.4. The number of allylic oxidation sites excluding steroid dienone is 1. The summed E-state index contributed by atoms with van der Waals surface area (Å²) >= 11 is 1.94. The van der Waals surface area contributed by atoms with Gasteiger partial charge in [0, 0.05) is 6.20 Å². The highest BCUT2D eigenvalue weighted by Crippen LogP contribution is 2.02. The van der Waals surface area contributed by atoms with E-state index in [0.717, 1.165) is 11.3 Å². The molecule has 1 aromatic rings. The monoisotopic (exact) mass is 372 g/mol. The molecule has 0 aliphatic heterocycles. The van der Waals surface area contributed by atoms with E-state index >= 15 is 0 Å². The van der Waals surface area contributed by atoms with E-state index in [9.17, 15) is 4.79 Å². The van der Waals surface area contributed by atoms with Crippen LogP contribution in [0.2, 0.25) is 0 Å². The van der Waals surface area contributed by atoms with Gasteiger partial charge in [-0.05, 0) is 17.6 Å². The molecule has 0 saturated heterocycles. The molecular weight excluding hydrogens is 355 g/mol. The average Bonchev–Trinajstić information content (AvgIpc) is 2.42. The van der Waals surface area contributed by atoms with Crippen molar-refractivity contribution in [3.05, 3.63) is 48.2 Å². The van der Waals surface area contributed by atoms with Gasteiger partial charge >= 0.3 is 6.09 Å². The van der Waals surface area contributed by atoms with Crippen LogP contribution in [-0.2, 0) is 11.3 Å². The van der Waals surface area contributed by atoms with E-state index in [-0.39, 0.29) is 6.61 Å². The fourth-order valence-electron chi connectivity index (χ4n) is 1.28. The first-order valence-corrected chi connectivity index (χ1v) is 6.92. The van der Waals surface area contributed by atoms with Gasteiger partial charge < -0.3 is 4.74 Å². The maximum absolute atomic E-state index is 11.4. The molecule has 1 amide bonds. The van der Waals surface area contributed by atoms with Crippen molar-refractivity contribution in [3.8, 4) is 0 Å². The minimum Gasteiger partial charge on any atom is -0.444 e. The highest BCUT2D eigenvalue weighted by atomic mass is 127. The first kappa shape index (κ1) is 15.7. The number of hydrogen-bond acceptors (Lipinski definition) is 3. The van der Waals surface area contributed by atoms with Crippen molar-refractivity contribution in [2.24, 2.45) is 9.12 Å². The van der Waals surface area contributed by atoms with Crippen LogP contribution in [0.15, 0.2) is 45.8 Å². The molecule has 0 heterocycles. The number of alkyl carbamates (subject to hydrolysis) is 1. The minimum atomic E-state index is -0.475. The van der Waals surface area contributed by atoms with Crippen molar-refractivity contribution in [2.75, 3.05) is 0 Å². The normalized spacial score (nSPS) is 11.9. The standard InChI is InChI=1S/C14H17IN2O2/c1-11(2)13(17-15)8-9-16-14(18)19-10-12-6-4-3-5-7-12/h3-9,11H,10H2,1-2H3,(H,16,18)/b9-8-,17-13?. The summed E-state index contributed by atoms with van der Waals surface area (Å²) in [5, 5.41) is 2.55. The number of carbonyl (C=O) groups excluding carboxylic acids is 1. The van der Waals surface area contributed by atoms with Gasteiger partial charge in [-0.2, -0.15) is 0 Å². The maximum atomic E-state index is 11.4. The van der Waals surface area contributed by atoms with E-state index in [0.29, 0.717) is 5.92 Å². The molecular formula is C14H17IN2O2. The summed E-state index contributed by atoms with van der Waals surface area (Å²) in [5.74, 6) is 0.315. The molecule has 19 heavy (non-hydrogen) atoms. The van der Waals surface area contributed by atoms with Crippen LogP contribution in [-0.4, -0.2) is 11.8 Å². The first-order valence-electron chi connectivity index (χ1n) is 5.96. The van der Waals surface area contributed by atoms with Gasteiger partial charge in [-0.15, -0.1) is 0 Å². The van der Waals surface area contributed by atoms with Gasteiger partial charge in [0.05, 0.1) is 28.6 Å². The van der Waals surface area contributed by atoms with Gasteiger partial charge in [-0.25, -0.2) is 8.00 Å². The molecule has 0 atom stereocenters. The number of nitrogens with one attached hydrogen (secondary N) is 1. The molecule has 1 rings (SSSR count). The van der Waals surface area contributed by atoms with Gasteiger partial charge in [0.25, 0.3) is 0 Å². The second-order valence-electron chi connectivity index (χ2n) is 4.20. The van der Waals surface area contributed by atoms with Gasteiger partial charge in [-0.1, -0.05) is 44.2 Å². The molecule has 5 heteroatoms. The summed E-state index contributed by atoms with van der Waals surface area (Å²) in [6, 6.07) is 9.54. The molecule has 0 aliphatic carbocycles. The van der Waals surface area contributed by atoms with Crippen LogP contribution in [0.1, 0.15) is 19.4 Å². The van der Waals surface area contributed by atoms with Crippen molar-refractivity contribution in [1.29, 1.82) is 0 Å². The van der Waals surface area contributed by atoms with E-state index in [1.54, 1.807) is 12.3 Å². The van der Waals surface area contributed by atoms with Gasteiger partial charge in [0.15, 0.2) is 0 Å². The topological polar surface area (TPSA) is 50.7 Å². The third-order valence-electron chi connectivity index (χ3n) is 2.36. The van der Waals surface area contributed by atoms with Crippen molar-refractivity contribution in [2.45, 2.75) is 20.5 Å². The predicted octanol–water partition coefficient (Wildman–Crippen LogP) is 3.87. The smallest absolute Gasteiger partial charge is 0.411 e. The van der Waals surface area contributed by atoms with Crippen molar-refractivity contribution >= 4 is 34.7 Å². The summed E-state index contributed by atoms with van der Waals surface area (Å²) in [7, 11) is 0. The van der Waals surface area contributed by atoms with Crippen LogP contribution in [0.4, 0.5) is 4.79 Å². The first-order chi connectivity index (χ1) is 9.13. The summed E-state index contributed by atoms with van der Waals surface area (Å²) in [5.41, 5.74) is 1.86. The third kappa shape index (κ3) is 6.37. The maximum Gasteiger partial charge on any atom is 0.411 e. The zero-order valence-corrected chi connectivity index (χ0v) is 13.1. The fourth-order valence-corrected chi connectivity index (χ4v) is 2.00. The molecule has 0 aromatic heterocycles. The number of ether oxygens (including phenoxy) is 1. The second-order valence-corrected chi connectivity index (χ2v) is 4.69. The van der Waals surface area contributed by atoms with E-state index < -0.39 is 6.09 Å². The Bertz CT molecular complexity index is 456. The van der Waals surface area contributed by atoms with E-state index in [1.807, 2.05) is 67.0 Å². The van der Waals surface area contributed by atoms with Crippen LogP contribution in [0.25, 0.3) is 0 Å². The SMILES string of the molecule is CC(C)C(/C=C\NC(=O)OCc1ccccc1)=NI. The van der Waals surface area contributed by atoms with Crippen molar-refractivity contribution in [3.63, 3.8) is 0 Å². The number of benzene rings is 1. The van der Waals surface area contributed by atoms with Gasteiger partial charge in [-0.3, -0.25) is 5.32 Å². The minimum absolute atomic E-state index is 0.262. The summed E-state index contributed by atoms with van der Waals surface area (Å²) in [6.07, 6.45) is 2.84. The summed E-state index contributed by atoms with van der Waals surface area (Å²) < 4.78 is 9.15. The number of nitrogens with zero attached hydrogens (tertiary/aromatic N) is 1. The number of amides is 1. The zero-order chi connectivity index (χ0) is 14.1. The molecule has 102 valence electrons. The Hall–Kier alpha value is -1.37. The highest BCUT2D eigenvalue weighted by Gasteiger charge is 2.02. The Balaban J connectivity index is 2.34. The molecule has 0 spiro atoms. The van der Waals surface area contributed by atoms with Crippen LogP contribution in [0.5, 0.6) is 0 Å². The lowest BCUT2D eigenvalue weighted by atomic mass is 10.1. The number of rotatable bonds is 5. The zero-order valence-electron chi connectivity index (χ0n) is 11.0. The lowest BCUT2D eigenvalue weighted by Gasteiger charge is -2.05. The Kier molecular flexibility index (Phi) is 7.17. The molecule has 1 aromatic carbocycles. The average molecular weight is 372 g/mol. The van der Waals surface area contributed by atoms with E-state index in [4.69, 9.17) is 4.74 Å². The molecule has 0 radical (unpaired) electrons. The molecule has 0 fully saturated rings. The van der Waals surface area contributed by atoms with Crippen LogP contribution >= 0.6 is 22.9 Å². The molecule has 4 nitrogen and oxygen atoms in total. The molecule has 0 saturated carbocycles. The Morgan fingerprint density at radius 3 is 2.68 bits per heavy atom. The lowest BCUT2D eigenvalue weighted by Crippen LogP contribution is -2.19. The number of halogens is 1. The molecule has 0 unspecified atom stereocenters. The van der Waals surface area contributed by atoms with Gasteiger partial charge in [0.1, 0.15) is 6.61 Å². The second kappa shape index (κ2) is 8.68. The lowest BCUT2D eigenvalue weighted by molar-refractivity contribution is 0.143. The summed E-state index contributed by atoms with van der Waals surface area (Å²) in [6.45, 7) is 4.34. The third-order valence-corrected chi connectivity index (χ3v) is 2.91. The Morgan fingerprint density at radius 1 is 1.42 bits per heavy atom. The predicted molar refractivity (Wildman–Crippen MR) is 85.2 cm³/mol. The van der Waals surface area contributed by atoms with Crippen LogP contribution in [0, 0.1) is 5.92 Å². The molecule has 0 aliphatic rings. The van der Waals surface area contributed by atoms with E-state index in [2.05, 4.69) is 8.52 Å². The van der Waals surface area contributed by atoms with Crippen molar-refractivity contribution < 1.29 is 9.53 Å². The highest BCUT2D eigenvalue weighted by molar-refractivity contribution is 14.1. The quantitative estimate of drug-likeness (QED) is 0.630.